The molecule has 0 aromatic carbocycles. The summed E-state index contributed by atoms with van der Waals surface area (Å²) in [6.45, 7) is 0. The first-order valence-electron chi connectivity index (χ1n) is 7.24. The molecular formula is C16H15N2O3S-. The molecule has 0 unspecified atom stereocenters. The lowest BCUT2D eigenvalue weighted by Gasteiger charge is -2.09. The monoisotopic (exact) mass is 315 g/mol. The van der Waals surface area contributed by atoms with Crippen LogP contribution in [-0.2, 0) is 12.8 Å². The van der Waals surface area contributed by atoms with Crippen molar-refractivity contribution in [2.24, 2.45) is 0 Å². The van der Waals surface area contributed by atoms with Gasteiger partial charge in [-0.2, -0.15) is 0 Å². The van der Waals surface area contributed by atoms with Crippen LogP contribution < -0.4 is 10.4 Å². The number of anilines is 1. The molecule has 22 heavy (non-hydrogen) atoms. The first-order valence-corrected chi connectivity index (χ1v) is 8.05. The third-order valence-corrected chi connectivity index (χ3v) is 4.98. The number of aryl methyl sites for hydroxylation is 1. The van der Waals surface area contributed by atoms with Crippen molar-refractivity contribution in [2.45, 2.75) is 32.1 Å². The first kappa shape index (κ1) is 14.7. The molecule has 0 saturated carbocycles. The fraction of sp³-hybridized carbons (Fsp3) is 0.312. The van der Waals surface area contributed by atoms with Crippen LogP contribution in [0.5, 0.6) is 0 Å². The molecule has 0 aliphatic heterocycles. The number of rotatable bonds is 3. The van der Waals surface area contributed by atoms with Crippen molar-refractivity contribution in [3.63, 3.8) is 0 Å². The molecule has 1 aliphatic carbocycles. The molecule has 3 rings (SSSR count). The van der Waals surface area contributed by atoms with E-state index in [4.69, 9.17) is 0 Å². The lowest BCUT2D eigenvalue weighted by Crippen LogP contribution is -2.25. The van der Waals surface area contributed by atoms with Crippen molar-refractivity contribution < 1.29 is 14.7 Å². The third-order valence-electron chi connectivity index (χ3n) is 3.78. The highest BCUT2D eigenvalue weighted by molar-refractivity contribution is 7.17. The zero-order valence-corrected chi connectivity index (χ0v) is 12.7. The highest BCUT2D eigenvalue weighted by atomic mass is 32.1. The van der Waals surface area contributed by atoms with Crippen LogP contribution in [0.3, 0.4) is 0 Å². The van der Waals surface area contributed by atoms with Crippen LogP contribution in [0.4, 0.5) is 5.00 Å². The Morgan fingerprint density at radius 2 is 2.05 bits per heavy atom. The Morgan fingerprint density at radius 3 is 2.77 bits per heavy atom. The van der Waals surface area contributed by atoms with Gasteiger partial charge in [0.15, 0.2) is 0 Å². The quantitative estimate of drug-likeness (QED) is 0.879. The summed E-state index contributed by atoms with van der Waals surface area (Å²) in [5.74, 6) is -1.58. The number of carboxylic acids is 1. The van der Waals surface area contributed by atoms with Gasteiger partial charge in [-0.3, -0.25) is 9.78 Å². The highest BCUT2D eigenvalue weighted by Gasteiger charge is 2.22. The topological polar surface area (TPSA) is 82.1 Å². The van der Waals surface area contributed by atoms with Crippen molar-refractivity contribution in [1.29, 1.82) is 0 Å². The fourth-order valence-electron chi connectivity index (χ4n) is 2.72. The summed E-state index contributed by atoms with van der Waals surface area (Å²) in [5, 5.41) is 14.6. The van der Waals surface area contributed by atoms with E-state index in [9.17, 15) is 14.7 Å². The largest absolute Gasteiger partial charge is 0.545 e. The van der Waals surface area contributed by atoms with Crippen molar-refractivity contribution >= 4 is 28.2 Å². The lowest BCUT2D eigenvalue weighted by molar-refractivity contribution is -0.254. The van der Waals surface area contributed by atoms with E-state index in [2.05, 4.69) is 10.3 Å². The van der Waals surface area contributed by atoms with Crippen molar-refractivity contribution in [1.82, 2.24) is 4.98 Å². The first-order chi connectivity index (χ1) is 10.7. The van der Waals surface area contributed by atoms with E-state index >= 15 is 0 Å². The van der Waals surface area contributed by atoms with Crippen LogP contribution in [-0.4, -0.2) is 16.9 Å². The summed E-state index contributed by atoms with van der Waals surface area (Å²) in [6.07, 6.45) is 7.76. The van der Waals surface area contributed by atoms with Gasteiger partial charge < -0.3 is 15.2 Å². The molecule has 0 atom stereocenters. The van der Waals surface area contributed by atoms with Gasteiger partial charge in [-0.25, -0.2) is 0 Å². The summed E-state index contributed by atoms with van der Waals surface area (Å²) in [7, 11) is 0. The molecule has 0 fully saturated rings. The van der Waals surface area contributed by atoms with E-state index < -0.39 is 5.97 Å². The smallest absolute Gasteiger partial charge is 0.257 e. The second-order valence-corrected chi connectivity index (χ2v) is 6.36. The number of aromatic carboxylic acids is 1. The second kappa shape index (κ2) is 6.27. The van der Waals surface area contributed by atoms with Gasteiger partial charge in [0.1, 0.15) is 5.00 Å². The Labute approximate surface area is 132 Å². The molecule has 1 N–H and O–H groups in total. The number of aromatic nitrogens is 1. The highest BCUT2D eigenvalue weighted by Crippen LogP contribution is 2.37. The molecule has 1 amide bonds. The molecule has 6 heteroatoms. The van der Waals surface area contributed by atoms with E-state index in [1.165, 1.54) is 17.5 Å². The predicted molar refractivity (Wildman–Crippen MR) is 82.1 cm³/mol. The minimum absolute atomic E-state index is 0.152. The van der Waals surface area contributed by atoms with Crippen LogP contribution in [0.1, 0.15) is 50.4 Å². The molecule has 5 nitrogen and oxygen atoms in total. The van der Waals surface area contributed by atoms with Gasteiger partial charge in [0.25, 0.3) is 5.91 Å². The minimum Gasteiger partial charge on any atom is -0.545 e. The summed E-state index contributed by atoms with van der Waals surface area (Å²) in [4.78, 5) is 28.7. The molecule has 2 aromatic heterocycles. The van der Waals surface area contributed by atoms with Crippen molar-refractivity contribution in [3.8, 4) is 0 Å². The number of amides is 1. The average Bonchev–Trinajstić information content (AvgIpc) is 2.69. The number of hydrogen-bond donors (Lipinski definition) is 1. The minimum atomic E-state index is -1.22. The number of carbonyl (C=O) groups is 2. The van der Waals surface area contributed by atoms with Crippen molar-refractivity contribution in [2.75, 3.05) is 5.32 Å². The summed E-state index contributed by atoms with van der Waals surface area (Å²) in [6, 6.07) is 3.30. The van der Waals surface area contributed by atoms with E-state index in [0.29, 0.717) is 10.6 Å². The molecular weight excluding hydrogens is 300 g/mol. The predicted octanol–water partition coefficient (Wildman–Crippen LogP) is 2.03. The van der Waals surface area contributed by atoms with Gasteiger partial charge in [0.2, 0.25) is 0 Å². The summed E-state index contributed by atoms with van der Waals surface area (Å²) < 4.78 is 0. The average molecular weight is 315 g/mol. The maximum absolute atomic E-state index is 12.2. The maximum Gasteiger partial charge on any atom is 0.257 e. The molecule has 0 bridgehead atoms. The van der Waals surface area contributed by atoms with E-state index in [1.54, 1.807) is 18.3 Å². The molecule has 1 aliphatic rings. The standard InChI is InChI=1S/C16H16N2O3S/c19-14(10-5-4-8-17-9-10)18-15-13(16(20)21)11-6-2-1-3-7-12(11)22-15/h4-5,8-9H,1-3,6-7H2,(H,18,19)(H,20,21)/p-1. The van der Waals surface area contributed by atoms with Crippen LogP contribution in [0.25, 0.3) is 0 Å². The zero-order valence-electron chi connectivity index (χ0n) is 11.9. The molecule has 0 spiro atoms. The van der Waals surface area contributed by atoms with E-state index in [-0.39, 0.29) is 11.5 Å². The Bertz CT molecular complexity index is 710. The Morgan fingerprint density at radius 1 is 1.23 bits per heavy atom. The number of nitrogens with one attached hydrogen (secondary N) is 1. The fourth-order valence-corrected chi connectivity index (χ4v) is 3.99. The van der Waals surface area contributed by atoms with E-state index in [1.807, 2.05) is 0 Å². The zero-order chi connectivity index (χ0) is 15.5. The Hall–Kier alpha value is -2.21. The van der Waals surface area contributed by atoms with Gasteiger partial charge in [-0.15, -0.1) is 11.3 Å². The molecule has 2 heterocycles. The van der Waals surface area contributed by atoms with Crippen molar-refractivity contribution in [3.05, 3.63) is 46.1 Å². The van der Waals surface area contributed by atoms with Gasteiger partial charge in [-0.05, 0) is 43.4 Å². The number of carboxylic acid groups (broad SMARTS) is 1. The SMILES string of the molecule is O=C(Nc1sc2c(c1C(=O)[O-])CCCCC2)c1cccnc1. The number of fused-ring (bicyclic) bond motifs is 1. The van der Waals surface area contributed by atoms with Crippen LogP contribution >= 0.6 is 11.3 Å². The number of nitrogens with zero attached hydrogens (tertiary/aromatic N) is 1. The summed E-state index contributed by atoms with van der Waals surface area (Å²) >= 11 is 1.35. The maximum atomic E-state index is 12.2. The van der Waals surface area contributed by atoms with Crippen LogP contribution in [0, 0.1) is 0 Å². The number of hydrogen-bond acceptors (Lipinski definition) is 5. The Kier molecular flexibility index (Phi) is 4.20. The normalized spacial score (nSPS) is 14.0. The molecule has 0 radical (unpaired) electrons. The van der Waals surface area contributed by atoms with Crippen LogP contribution in [0.15, 0.2) is 24.5 Å². The lowest BCUT2D eigenvalue weighted by atomic mass is 10.1. The number of thiophene rings is 1. The molecule has 2 aromatic rings. The second-order valence-electron chi connectivity index (χ2n) is 5.25. The van der Waals surface area contributed by atoms with Gasteiger partial charge in [0, 0.05) is 22.8 Å². The summed E-state index contributed by atoms with van der Waals surface area (Å²) in [5.41, 5.74) is 1.39. The van der Waals surface area contributed by atoms with E-state index in [0.717, 1.165) is 42.5 Å². The molecule has 114 valence electrons. The number of carbonyl (C=O) groups excluding carboxylic acids is 2. The van der Waals surface area contributed by atoms with Crippen LogP contribution in [0.2, 0.25) is 0 Å². The number of pyridine rings is 1. The van der Waals surface area contributed by atoms with Gasteiger partial charge >= 0.3 is 0 Å². The Balaban J connectivity index is 1.94. The van der Waals surface area contributed by atoms with Gasteiger partial charge in [-0.1, -0.05) is 6.42 Å². The van der Waals surface area contributed by atoms with Gasteiger partial charge in [0.05, 0.1) is 11.5 Å². The third kappa shape index (κ3) is 2.87. The molecule has 0 saturated heterocycles.